The van der Waals surface area contributed by atoms with Gasteiger partial charge in [0.05, 0.1) is 0 Å². The second-order valence-electron chi connectivity index (χ2n) is 4.81. The van der Waals surface area contributed by atoms with Gasteiger partial charge >= 0.3 is 7.60 Å². The van der Waals surface area contributed by atoms with Crippen molar-refractivity contribution in [3.8, 4) is 0 Å². The fourth-order valence-corrected chi connectivity index (χ4v) is 3.21. The summed E-state index contributed by atoms with van der Waals surface area (Å²) in [6.45, 7) is 5.27. The van der Waals surface area contributed by atoms with Crippen LogP contribution in [0.15, 0.2) is 23.5 Å². The fourth-order valence-electron chi connectivity index (χ4n) is 2.16. The topological polar surface area (TPSA) is 77.8 Å². The van der Waals surface area contributed by atoms with Gasteiger partial charge in [-0.25, -0.2) is 0 Å². The number of allylic oxidation sites excluding steroid dienone is 4. The average Bonchev–Trinajstić information content (AvgIpc) is 2.23. The molecule has 2 atom stereocenters. The summed E-state index contributed by atoms with van der Waals surface area (Å²) in [5.41, 5.74) is 0.996. The average molecular weight is 260 g/mol. The van der Waals surface area contributed by atoms with Gasteiger partial charge in [-0.05, 0) is 25.8 Å². The molecule has 0 aromatic heterocycles. The molecule has 1 aliphatic carbocycles. The number of aliphatic hydroxyl groups is 1. The van der Waals surface area contributed by atoms with Crippen molar-refractivity contribution in [2.45, 2.75) is 45.2 Å². The van der Waals surface area contributed by atoms with Gasteiger partial charge in [0.25, 0.3) is 0 Å². The Morgan fingerprint density at radius 2 is 2.00 bits per heavy atom. The van der Waals surface area contributed by atoms with Crippen molar-refractivity contribution < 1.29 is 19.5 Å². The Morgan fingerprint density at radius 3 is 2.47 bits per heavy atom. The first kappa shape index (κ1) is 14.5. The zero-order valence-corrected chi connectivity index (χ0v) is 11.4. The molecular weight excluding hydrogens is 239 g/mol. The molecule has 0 saturated heterocycles. The van der Waals surface area contributed by atoms with Crippen LogP contribution in [0.2, 0.25) is 0 Å². The van der Waals surface area contributed by atoms with Crippen LogP contribution in [0.4, 0.5) is 0 Å². The molecule has 0 spiro atoms. The molecule has 1 aliphatic rings. The zero-order chi connectivity index (χ0) is 13.3. The Morgan fingerprint density at radius 1 is 1.41 bits per heavy atom. The van der Waals surface area contributed by atoms with Gasteiger partial charge in [-0.1, -0.05) is 31.9 Å². The van der Waals surface area contributed by atoms with Crippen molar-refractivity contribution in [3.63, 3.8) is 0 Å². The van der Waals surface area contributed by atoms with E-state index in [0.29, 0.717) is 0 Å². The van der Waals surface area contributed by atoms with Crippen molar-refractivity contribution in [2.75, 3.05) is 0 Å². The second kappa shape index (κ2) is 4.97. The Labute approximate surface area is 102 Å². The van der Waals surface area contributed by atoms with E-state index in [-0.39, 0.29) is 11.7 Å². The van der Waals surface area contributed by atoms with Crippen LogP contribution in [-0.2, 0) is 4.57 Å². The first-order chi connectivity index (χ1) is 7.75. The molecular formula is C12H21O4P. The molecule has 0 amide bonds. The molecule has 0 radical (unpaired) electrons. The van der Waals surface area contributed by atoms with Crippen molar-refractivity contribution in [1.82, 2.24) is 0 Å². The van der Waals surface area contributed by atoms with E-state index in [4.69, 9.17) is 0 Å². The third-order valence-electron chi connectivity index (χ3n) is 3.80. The summed E-state index contributed by atoms with van der Waals surface area (Å²) in [6.07, 6.45) is 6.04. The van der Waals surface area contributed by atoms with Crippen LogP contribution in [0.5, 0.6) is 0 Å². The number of hydrogen-bond acceptors (Lipinski definition) is 2. The maximum absolute atomic E-state index is 11.6. The van der Waals surface area contributed by atoms with Gasteiger partial charge in [-0.15, -0.1) is 0 Å². The highest BCUT2D eigenvalue weighted by Gasteiger charge is 2.52. The van der Waals surface area contributed by atoms with E-state index in [1.54, 1.807) is 13.0 Å². The summed E-state index contributed by atoms with van der Waals surface area (Å²) in [5, 5.41) is 8.32. The number of rotatable bonds is 4. The second-order valence-corrected chi connectivity index (χ2v) is 6.83. The Bertz CT molecular complexity index is 393. The number of unbranched alkanes of at least 4 members (excludes halogenated alkanes) is 1. The highest BCUT2D eigenvalue weighted by molar-refractivity contribution is 7.53. The minimum Gasteiger partial charge on any atom is -0.511 e. The lowest BCUT2D eigenvalue weighted by Gasteiger charge is -2.38. The van der Waals surface area contributed by atoms with Crippen molar-refractivity contribution in [3.05, 3.63) is 23.5 Å². The third-order valence-corrected chi connectivity index (χ3v) is 5.62. The van der Waals surface area contributed by atoms with Gasteiger partial charge in [0, 0.05) is 5.92 Å². The lowest BCUT2D eigenvalue weighted by Crippen LogP contribution is -2.38. The van der Waals surface area contributed by atoms with Crippen LogP contribution >= 0.6 is 7.60 Å². The highest BCUT2D eigenvalue weighted by atomic mass is 31.2. The molecule has 0 aliphatic heterocycles. The van der Waals surface area contributed by atoms with Crippen LogP contribution in [0.3, 0.4) is 0 Å². The molecule has 0 aromatic rings. The molecule has 0 bridgehead atoms. The molecule has 0 aromatic carbocycles. The van der Waals surface area contributed by atoms with Gasteiger partial charge in [0.2, 0.25) is 0 Å². The summed E-state index contributed by atoms with van der Waals surface area (Å²) in [4.78, 5) is 18.9. The predicted molar refractivity (Wildman–Crippen MR) is 67.9 cm³/mol. The SMILES string of the molecule is CCCCC1=CC=C(O)C(C)(P(=O)(O)O)C1C. The smallest absolute Gasteiger partial charge is 0.339 e. The third kappa shape index (κ3) is 2.49. The van der Waals surface area contributed by atoms with E-state index in [2.05, 4.69) is 6.92 Å². The molecule has 0 heterocycles. The lowest BCUT2D eigenvalue weighted by atomic mass is 9.80. The van der Waals surface area contributed by atoms with Crippen LogP contribution in [0, 0.1) is 5.92 Å². The van der Waals surface area contributed by atoms with E-state index >= 15 is 0 Å². The zero-order valence-electron chi connectivity index (χ0n) is 10.6. The van der Waals surface area contributed by atoms with Crippen LogP contribution in [0.1, 0.15) is 40.0 Å². The van der Waals surface area contributed by atoms with E-state index in [1.807, 2.05) is 0 Å². The molecule has 1 rings (SSSR count). The van der Waals surface area contributed by atoms with Gasteiger partial charge in [-0.3, -0.25) is 4.57 Å². The minimum absolute atomic E-state index is 0.224. The molecule has 17 heavy (non-hydrogen) atoms. The summed E-state index contributed by atoms with van der Waals surface area (Å²) >= 11 is 0. The Hall–Kier alpha value is -0.570. The van der Waals surface area contributed by atoms with Crippen LogP contribution in [0.25, 0.3) is 0 Å². The lowest BCUT2D eigenvalue weighted by molar-refractivity contribution is 0.257. The van der Waals surface area contributed by atoms with Crippen LogP contribution < -0.4 is 0 Å². The molecule has 0 saturated carbocycles. The number of aliphatic hydroxyl groups excluding tert-OH is 1. The van der Waals surface area contributed by atoms with Gasteiger partial charge < -0.3 is 14.9 Å². The van der Waals surface area contributed by atoms with Crippen molar-refractivity contribution in [2.24, 2.45) is 5.92 Å². The van der Waals surface area contributed by atoms with Crippen molar-refractivity contribution >= 4 is 7.60 Å². The van der Waals surface area contributed by atoms with Crippen LogP contribution in [-0.4, -0.2) is 20.0 Å². The molecule has 5 heteroatoms. The van der Waals surface area contributed by atoms with Gasteiger partial charge in [0.1, 0.15) is 10.9 Å². The monoisotopic (exact) mass is 260 g/mol. The van der Waals surface area contributed by atoms with E-state index < -0.39 is 12.8 Å². The predicted octanol–water partition coefficient (Wildman–Crippen LogP) is 3.13. The molecule has 0 fully saturated rings. The molecule has 98 valence electrons. The minimum atomic E-state index is -4.39. The van der Waals surface area contributed by atoms with Gasteiger partial charge in [0.15, 0.2) is 0 Å². The van der Waals surface area contributed by atoms with E-state index in [9.17, 15) is 19.5 Å². The van der Waals surface area contributed by atoms with Gasteiger partial charge in [-0.2, -0.15) is 0 Å². The van der Waals surface area contributed by atoms with Crippen molar-refractivity contribution in [1.29, 1.82) is 0 Å². The maximum atomic E-state index is 11.6. The summed E-state index contributed by atoms with van der Waals surface area (Å²) in [5.74, 6) is -0.571. The summed E-state index contributed by atoms with van der Waals surface area (Å²) < 4.78 is 11.6. The molecule has 4 nitrogen and oxygen atoms in total. The Balaban J connectivity index is 3.09. The normalized spacial score (nSPS) is 29.8. The standard InChI is InChI=1S/C12H21O4P/c1-4-5-6-10-7-8-11(13)12(3,9(10)2)17(14,15)16/h7-9,13H,4-6H2,1-3H3,(H2,14,15,16). The highest BCUT2D eigenvalue weighted by Crippen LogP contribution is 2.60. The Kier molecular flexibility index (Phi) is 4.23. The largest absolute Gasteiger partial charge is 0.511 e. The van der Waals surface area contributed by atoms with E-state index in [1.165, 1.54) is 13.0 Å². The number of hydrogen-bond donors (Lipinski definition) is 3. The summed E-state index contributed by atoms with van der Waals surface area (Å²) in [6, 6.07) is 0. The summed E-state index contributed by atoms with van der Waals surface area (Å²) in [7, 11) is -4.39. The molecule has 2 unspecified atom stereocenters. The first-order valence-electron chi connectivity index (χ1n) is 5.91. The fraction of sp³-hybridized carbons (Fsp3) is 0.667. The molecule has 3 N–H and O–H groups in total. The first-order valence-corrected chi connectivity index (χ1v) is 7.52. The quantitative estimate of drug-likeness (QED) is 0.678. The van der Waals surface area contributed by atoms with E-state index in [0.717, 1.165) is 24.8 Å². The maximum Gasteiger partial charge on any atom is 0.339 e.